The molecule has 0 radical (unpaired) electrons. The van der Waals surface area contributed by atoms with Crippen molar-refractivity contribution in [2.45, 2.75) is 62.6 Å². The summed E-state index contributed by atoms with van der Waals surface area (Å²) in [4.78, 5) is 0. The molecule has 0 aromatic heterocycles. The van der Waals surface area contributed by atoms with E-state index in [1.807, 2.05) is 0 Å². The van der Waals surface area contributed by atoms with Crippen LogP contribution in [0.15, 0.2) is 0 Å². The first-order valence-corrected chi connectivity index (χ1v) is 7.99. The third-order valence-electron chi connectivity index (χ3n) is 4.47. The summed E-state index contributed by atoms with van der Waals surface area (Å²) in [6, 6.07) is 0. The SMILES string of the molecule is C1CCC2(CC1)CCOC1(CCCSC1)N2. The monoisotopic (exact) mass is 241 g/mol. The Labute approximate surface area is 103 Å². The lowest BCUT2D eigenvalue weighted by Crippen LogP contribution is -2.66. The van der Waals surface area contributed by atoms with Crippen molar-refractivity contribution in [2.75, 3.05) is 18.1 Å². The molecule has 16 heavy (non-hydrogen) atoms. The van der Waals surface area contributed by atoms with Gasteiger partial charge in [-0.15, -0.1) is 0 Å². The van der Waals surface area contributed by atoms with Crippen molar-refractivity contribution in [1.29, 1.82) is 0 Å². The molecule has 2 aliphatic heterocycles. The molecule has 1 aliphatic carbocycles. The number of ether oxygens (including phenoxy) is 1. The highest BCUT2D eigenvalue weighted by Gasteiger charge is 2.45. The second kappa shape index (κ2) is 4.51. The number of rotatable bonds is 0. The largest absolute Gasteiger partial charge is 0.360 e. The van der Waals surface area contributed by atoms with Crippen LogP contribution < -0.4 is 5.32 Å². The summed E-state index contributed by atoms with van der Waals surface area (Å²) in [5.74, 6) is 2.48. The predicted octanol–water partition coefficient (Wildman–Crippen LogP) is 2.92. The van der Waals surface area contributed by atoms with Crippen LogP contribution >= 0.6 is 11.8 Å². The van der Waals surface area contributed by atoms with Crippen molar-refractivity contribution in [3.8, 4) is 0 Å². The van der Waals surface area contributed by atoms with E-state index in [0.717, 1.165) is 12.4 Å². The summed E-state index contributed by atoms with van der Waals surface area (Å²) < 4.78 is 6.10. The van der Waals surface area contributed by atoms with Crippen LogP contribution in [-0.2, 0) is 4.74 Å². The van der Waals surface area contributed by atoms with Gasteiger partial charge in [0.1, 0.15) is 5.72 Å². The molecule has 92 valence electrons. The molecule has 0 amide bonds. The smallest absolute Gasteiger partial charge is 0.128 e. The Balaban J connectivity index is 1.72. The van der Waals surface area contributed by atoms with Gasteiger partial charge >= 0.3 is 0 Å². The van der Waals surface area contributed by atoms with Gasteiger partial charge in [-0.05, 0) is 37.9 Å². The van der Waals surface area contributed by atoms with Crippen LogP contribution in [0.1, 0.15) is 51.4 Å². The van der Waals surface area contributed by atoms with Crippen molar-refractivity contribution in [1.82, 2.24) is 5.32 Å². The van der Waals surface area contributed by atoms with Crippen LogP contribution in [0.3, 0.4) is 0 Å². The molecule has 1 saturated carbocycles. The van der Waals surface area contributed by atoms with Crippen LogP contribution in [0.25, 0.3) is 0 Å². The minimum absolute atomic E-state index is 0.0402. The summed E-state index contributed by atoms with van der Waals surface area (Å²) >= 11 is 2.06. The molecule has 2 saturated heterocycles. The molecular formula is C13H23NOS. The maximum absolute atomic E-state index is 6.10. The molecule has 3 heteroatoms. The highest BCUT2D eigenvalue weighted by atomic mass is 32.2. The van der Waals surface area contributed by atoms with Gasteiger partial charge in [0.25, 0.3) is 0 Å². The highest BCUT2D eigenvalue weighted by Crippen LogP contribution is 2.40. The molecule has 2 heterocycles. The number of hydrogen-bond donors (Lipinski definition) is 1. The number of nitrogens with one attached hydrogen (secondary N) is 1. The van der Waals surface area contributed by atoms with E-state index >= 15 is 0 Å². The minimum Gasteiger partial charge on any atom is -0.360 e. The van der Waals surface area contributed by atoms with E-state index in [1.165, 1.54) is 57.1 Å². The number of thioether (sulfide) groups is 1. The topological polar surface area (TPSA) is 21.3 Å². The van der Waals surface area contributed by atoms with Gasteiger partial charge in [0.05, 0.1) is 6.61 Å². The molecule has 3 fully saturated rings. The van der Waals surface area contributed by atoms with E-state index in [9.17, 15) is 0 Å². The lowest BCUT2D eigenvalue weighted by molar-refractivity contribution is -0.130. The molecule has 2 nitrogen and oxygen atoms in total. The first-order chi connectivity index (χ1) is 7.83. The van der Waals surface area contributed by atoms with Crippen LogP contribution in [0.5, 0.6) is 0 Å². The predicted molar refractivity (Wildman–Crippen MR) is 68.8 cm³/mol. The highest BCUT2D eigenvalue weighted by molar-refractivity contribution is 7.99. The normalized spacial score (nSPS) is 39.0. The molecule has 3 aliphatic rings. The quantitative estimate of drug-likeness (QED) is 0.704. The summed E-state index contributed by atoms with van der Waals surface area (Å²) in [7, 11) is 0. The van der Waals surface area contributed by atoms with Crippen LogP contribution in [-0.4, -0.2) is 29.4 Å². The van der Waals surface area contributed by atoms with Gasteiger partial charge in [-0.25, -0.2) is 0 Å². The first-order valence-electron chi connectivity index (χ1n) is 6.84. The van der Waals surface area contributed by atoms with Gasteiger partial charge in [-0.2, -0.15) is 11.8 Å². The first kappa shape index (κ1) is 11.4. The van der Waals surface area contributed by atoms with Gasteiger partial charge < -0.3 is 4.74 Å². The van der Waals surface area contributed by atoms with E-state index in [0.29, 0.717) is 5.54 Å². The zero-order valence-electron chi connectivity index (χ0n) is 10.1. The Bertz CT molecular complexity index is 209. The minimum atomic E-state index is 0.0402. The Morgan fingerprint density at radius 2 is 1.81 bits per heavy atom. The van der Waals surface area contributed by atoms with E-state index < -0.39 is 0 Å². The van der Waals surface area contributed by atoms with Crippen LogP contribution in [0.2, 0.25) is 0 Å². The molecule has 1 atom stereocenters. The lowest BCUT2D eigenvalue weighted by Gasteiger charge is -2.52. The number of hydrogen-bond acceptors (Lipinski definition) is 3. The maximum atomic E-state index is 6.10. The zero-order chi connectivity index (χ0) is 10.9. The van der Waals surface area contributed by atoms with E-state index in [4.69, 9.17) is 4.74 Å². The van der Waals surface area contributed by atoms with E-state index in [2.05, 4.69) is 17.1 Å². The molecule has 1 unspecified atom stereocenters. The second-order valence-electron chi connectivity index (χ2n) is 5.71. The van der Waals surface area contributed by atoms with Crippen molar-refractivity contribution in [3.63, 3.8) is 0 Å². The molecular weight excluding hydrogens is 218 g/mol. The lowest BCUT2D eigenvalue weighted by atomic mass is 9.77. The fourth-order valence-electron chi connectivity index (χ4n) is 3.61. The third-order valence-corrected chi connectivity index (χ3v) is 5.71. The van der Waals surface area contributed by atoms with E-state index in [-0.39, 0.29) is 5.72 Å². The molecule has 3 rings (SSSR count). The summed E-state index contributed by atoms with van der Waals surface area (Å²) in [6.07, 6.45) is 10.8. The Hall–Kier alpha value is 0.270. The van der Waals surface area contributed by atoms with Crippen LogP contribution in [0, 0.1) is 0 Å². The fourth-order valence-corrected chi connectivity index (χ4v) is 4.73. The summed E-state index contributed by atoms with van der Waals surface area (Å²) in [5.41, 5.74) is 0.479. The molecule has 0 aromatic rings. The Morgan fingerprint density at radius 3 is 2.56 bits per heavy atom. The van der Waals surface area contributed by atoms with Crippen molar-refractivity contribution in [3.05, 3.63) is 0 Å². The van der Waals surface area contributed by atoms with Crippen LogP contribution in [0.4, 0.5) is 0 Å². The standard InChI is InChI=1S/C13H23NOS/c1-2-5-12(6-3-1)8-9-15-13(14-12)7-4-10-16-11-13/h14H,1-11H2. The maximum Gasteiger partial charge on any atom is 0.128 e. The Kier molecular flexibility index (Phi) is 3.20. The van der Waals surface area contributed by atoms with Gasteiger partial charge in [0, 0.05) is 11.3 Å². The Morgan fingerprint density at radius 1 is 0.938 bits per heavy atom. The third kappa shape index (κ3) is 2.14. The molecule has 1 N–H and O–H groups in total. The average Bonchev–Trinajstić information content (AvgIpc) is 2.31. The average molecular weight is 241 g/mol. The van der Waals surface area contributed by atoms with Crippen molar-refractivity contribution >= 4 is 11.8 Å². The fraction of sp³-hybridized carbons (Fsp3) is 1.00. The molecule has 2 spiro atoms. The van der Waals surface area contributed by atoms with Gasteiger partial charge in [-0.1, -0.05) is 19.3 Å². The second-order valence-corrected chi connectivity index (χ2v) is 6.82. The van der Waals surface area contributed by atoms with Gasteiger partial charge in [-0.3, -0.25) is 5.32 Å². The van der Waals surface area contributed by atoms with Crippen molar-refractivity contribution in [2.24, 2.45) is 0 Å². The van der Waals surface area contributed by atoms with Gasteiger partial charge in [0.15, 0.2) is 0 Å². The van der Waals surface area contributed by atoms with E-state index in [1.54, 1.807) is 0 Å². The summed E-state index contributed by atoms with van der Waals surface area (Å²) in [6.45, 7) is 0.980. The zero-order valence-corrected chi connectivity index (χ0v) is 10.9. The molecule has 0 bridgehead atoms. The van der Waals surface area contributed by atoms with Crippen molar-refractivity contribution < 1.29 is 4.74 Å². The summed E-state index contributed by atoms with van der Waals surface area (Å²) in [5, 5.41) is 3.94. The van der Waals surface area contributed by atoms with Gasteiger partial charge in [0.2, 0.25) is 0 Å². The molecule has 0 aromatic carbocycles.